The molecule has 0 radical (unpaired) electrons. The molecular weight excluding hydrogens is 336 g/mol. The highest BCUT2D eigenvalue weighted by molar-refractivity contribution is 7.90. The zero-order valence-electron chi connectivity index (χ0n) is 12.8. The zero-order chi connectivity index (χ0) is 17.7. The van der Waals surface area contributed by atoms with Crippen LogP contribution in [0.4, 0.5) is 0 Å². The van der Waals surface area contributed by atoms with E-state index in [-0.39, 0.29) is 23.6 Å². The highest BCUT2D eigenvalue weighted by atomic mass is 32.2. The van der Waals surface area contributed by atoms with Crippen molar-refractivity contribution in [2.24, 2.45) is 0 Å². The SMILES string of the molecule is COC1=CC(C(=O)NS(=O)(=O)c2ccccc2)=CN(CC(=O)O)C1. The van der Waals surface area contributed by atoms with Crippen molar-refractivity contribution >= 4 is 21.9 Å². The molecule has 9 heteroatoms. The molecule has 8 nitrogen and oxygen atoms in total. The van der Waals surface area contributed by atoms with E-state index in [2.05, 4.69) is 0 Å². The van der Waals surface area contributed by atoms with E-state index in [0.717, 1.165) is 0 Å². The lowest BCUT2D eigenvalue weighted by molar-refractivity contribution is -0.137. The first-order chi connectivity index (χ1) is 11.3. The van der Waals surface area contributed by atoms with Gasteiger partial charge >= 0.3 is 5.97 Å². The monoisotopic (exact) mass is 352 g/mol. The minimum absolute atomic E-state index is 0.0149. The third kappa shape index (κ3) is 4.35. The highest BCUT2D eigenvalue weighted by Crippen LogP contribution is 2.16. The minimum Gasteiger partial charge on any atom is -0.499 e. The first-order valence-corrected chi connectivity index (χ1v) is 8.34. The van der Waals surface area contributed by atoms with Gasteiger partial charge in [-0.25, -0.2) is 13.1 Å². The molecule has 1 amide bonds. The maximum absolute atomic E-state index is 12.2. The van der Waals surface area contributed by atoms with Crippen molar-refractivity contribution < 1.29 is 27.9 Å². The molecule has 0 saturated carbocycles. The van der Waals surface area contributed by atoms with E-state index in [1.165, 1.54) is 48.6 Å². The lowest BCUT2D eigenvalue weighted by Gasteiger charge is -2.24. The normalized spacial score (nSPS) is 14.5. The average molecular weight is 352 g/mol. The Morgan fingerprint density at radius 3 is 2.54 bits per heavy atom. The van der Waals surface area contributed by atoms with Gasteiger partial charge in [0.05, 0.1) is 24.1 Å². The van der Waals surface area contributed by atoms with Gasteiger partial charge in [0, 0.05) is 6.20 Å². The molecule has 0 aliphatic carbocycles. The van der Waals surface area contributed by atoms with Gasteiger partial charge in [0.15, 0.2) is 0 Å². The Bertz CT molecular complexity index is 799. The number of carbonyl (C=O) groups is 2. The first kappa shape index (κ1) is 17.5. The second-order valence-electron chi connectivity index (χ2n) is 4.95. The topological polar surface area (TPSA) is 113 Å². The molecule has 0 spiro atoms. The van der Waals surface area contributed by atoms with Gasteiger partial charge in [0.1, 0.15) is 12.3 Å². The van der Waals surface area contributed by atoms with Crippen LogP contribution in [0, 0.1) is 0 Å². The predicted octanol–water partition coefficient (Wildman–Crippen LogP) is 0.306. The molecule has 0 saturated heterocycles. The van der Waals surface area contributed by atoms with Crippen molar-refractivity contribution in [2.45, 2.75) is 4.90 Å². The maximum Gasteiger partial charge on any atom is 0.323 e. The smallest absolute Gasteiger partial charge is 0.323 e. The van der Waals surface area contributed by atoms with E-state index in [0.29, 0.717) is 5.76 Å². The Morgan fingerprint density at radius 1 is 1.29 bits per heavy atom. The maximum atomic E-state index is 12.2. The van der Waals surface area contributed by atoms with E-state index >= 15 is 0 Å². The summed E-state index contributed by atoms with van der Waals surface area (Å²) < 4.78 is 31.4. The predicted molar refractivity (Wildman–Crippen MR) is 84.2 cm³/mol. The Morgan fingerprint density at radius 2 is 1.96 bits per heavy atom. The lowest BCUT2D eigenvalue weighted by Crippen LogP contribution is -2.35. The van der Waals surface area contributed by atoms with Gasteiger partial charge < -0.3 is 14.7 Å². The van der Waals surface area contributed by atoms with Gasteiger partial charge in [0.25, 0.3) is 15.9 Å². The van der Waals surface area contributed by atoms with Crippen molar-refractivity contribution in [1.29, 1.82) is 0 Å². The standard InChI is InChI=1S/C15H16N2O6S/c1-23-12-7-11(8-17(9-12)10-14(18)19)15(20)16-24(21,22)13-5-3-2-4-6-13/h2-8H,9-10H2,1H3,(H,16,20)(H,18,19). The first-order valence-electron chi connectivity index (χ1n) is 6.86. The van der Waals surface area contributed by atoms with E-state index in [1.54, 1.807) is 6.07 Å². The Kier molecular flexibility index (Phi) is 5.24. The molecule has 1 aromatic carbocycles. The third-order valence-corrected chi connectivity index (χ3v) is 4.49. The number of carboxylic acids is 1. The Hall–Kier alpha value is -2.81. The van der Waals surface area contributed by atoms with Crippen LogP contribution >= 0.6 is 0 Å². The number of hydrogen-bond donors (Lipinski definition) is 2. The quantitative estimate of drug-likeness (QED) is 0.757. The number of amides is 1. The van der Waals surface area contributed by atoms with Gasteiger partial charge in [0.2, 0.25) is 0 Å². The van der Waals surface area contributed by atoms with E-state index in [4.69, 9.17) is 9.84 Å². The number of carbonyl (C=O) groups excluding carboxylic acids is 1. The van der Waals surface area contributed by atoms with Crippen LogP contribution in [0.2, 0.25) is 0 Å². The average Bonchev–Trinajstić information content (AvgIpc) is 2.54. The Balaban J connectivity index is 2.22. The van der Waals surface area contributed by atoms with Crippen LogP contribution in [0.5, 0.6) is 0 Å². The van der Waals surface area contributed by atoms with Crippen molar-refractivity contribution in [3.8, 4) is 0 Å². The summed E-state index contributed by atoms with van der Waals surface area (Å²) in [5.74, 6) is -1.61. The summed E-state index contributed by atoms with van der Waals surface area (Å²) in [6.07, 6.45) is 2.65. The van der Waals surface area contributed by atoms with Crippen molar-refractivity contribution in [2.75, 3.05) is 20.2 Å². The van der Waals surface area contributed by atoms with E-state index in [1.807, 2.05) is 4.72 Å². The molecule has 1 aliphatic rings. The lowest BCUT2D eigenvalue weighted by atomic mass is 10.2. The molecule has 24 heavy (non-hydrogen) atoms. The molecule has 1 aromatic rings. The molecule has 1 aliphatic heterocycles. The third-order valence-electron chi connectivity index (χ3n) is 3.14. The fourth-order valence-corrected chi connectivity index (χ4v) is 3.06. The van der Waals surface area contributed by atoms with Gasteiger partial charge in [-0.3, -0.25) is 9.59 Å². The largest absolute Gasteiger partial charge is 0.499 e. The van der Waals surface area contributed by atoms with Crippen LogP contribution < -0.4 is 4.72 Å². The summed E-state index contributed by atoms with van der Waals surface area (Å²) in [5.41, 5.74) is -0.0149. The number of nitrogens with one attached hydrogen (secondary N) is 1. The minimum atomic E-state index is -4.02. The molecular formula is C15H16N2O6S. The summed E-state index contributed by atoms with van der Waals surface area (Å²) in [7, 11) is -2.64. The second kappa shape index (κ2) is 7.18. The molecule has 0 atom stereocenters. The van der Waals surface area contributed by atoms with Crippen LogP contribution in [0.15, 0.2) is 58.8 Å². The second-order valence-corrected chi connectivity index (χ2v) is 6.63. The number of rotatable bonds is 6. The summed E-state index contributed by atoms with van der Waals surface area (Å²) in [6, 6.07) is 7.45. The number of aliphatic carboxylic acids is 1. The van der Waals surface area contributed by atoms with E-state index in [9.17, 15) is 18.0 Å². The molecule has 0 bridgehead atoms. The number of hydrogen-bond acceptors (Lipinski definition) is 6. The molecule has 128 valence electrons. The van der Waals surface area contributed by atoms with Crippen molar-refractivity contribution in [1.82, 2.24) is 9.62 Å². The fraction of sp³-hybridized carbons (Fsp3) is 0.200. The van der Waals surface area contributed by atoms with Crippen LogP contribution in [-0.2, 0) is 24.3 Å². The van der Waals surface area contributed by atoms with Crippen LogP contribution in [0.3, 0.4) is 0 Å². The molecule has 0 fully saturated rings. The van der Waals surface area contributed by atoms with Crippen LogP contribution in [0.1, 0.15) is 0 Å². The van der Waals surface area contributed by atoms with Crippen LogP contribution in [-0.4, -0.2) is 50.5 Å². The number of benzene rings is 1. The number of nitrogens with zero attached hydrogens (tertiary/aromatic N) is 1. The molecule has 1 heterocycles. The number of methoxy groups -OCH3 is 1. The molecule has 2 rings (SSSR count). The Labute approximate surface area is 139 Å². The van der Waals surface area contributed by atoms with Gasteiger partial charge in [-0.15, -0.1) is 0 Å². The van der Waals surface area contributed by atoms with E-state index < -0.39 is 21.9 Å². The van der Waals surface area contributed by atoms with Crippen molar-refractivity contribution in [3.05, 3.63) is 53.9 Å². The number of carboxylic acid groups (broad SMARTS) is 1. The van der Waals surface area contributed by atoms with Gasteiger partial charge in [-0.1, -0.05) is 18.2 Å². The zero-order valence-corrected chi connectivity index (χ0v) is 13.6. The summed E-state index contributed by atoms with van der Waals surface area (Å²) >= 11 is 0. The summed E-state index contributed by atoms with van der Waals surface area (Å²) in [6.45, 7) is -0.173. The molecule has 2 N–H and O–H groups in total. The molecule has 0 aromatic heterocycles. The summed E-state index contributed by atoms with van der Waals surface area (Å²) in [5, 5.41) is 8.86. The highest BCUT2D eigenvalue weighted by Gasteiger charge is 2.23. The van der Waals surface area contributed by atoms with Crippen LogP contribution in [0.25, 0.3) is 0 Å². The number of sulfonamides is 1. The summed E-state index contributed by atoms with van der Waals surface area (Å²) in [4.78, 5) is 24.4. The fourth-order valence-electron chi connectivity index (χ4n) is 2.06. The van der Waals surface area contributed by atoms with Gasteiger partial charge in [-0.2, -0.15) is 0 Å². The van der Waals surface area contributed by atoms with Gasteiger partial charge in [-0.05, 0) is 18.2 Å². The number of ether oxygens (including phenoxy) is 1. The van der Waals surface area contributed by atoms with Crippen molar-refractivity contribution in [3.63, 3.8) is 0 Å². The molecule has 0 unspecified atom stereocenters.